The fraction of sp³-hybridized carbons (Fsp3) is 0.297. The van der Waals surface area contributed by atoms with E-state index in [0.29, 0.717) is 21.3 Å². The third-order valence-electron chi connectivity index (χ3n) is 8.49. The van der Waals surface area contributed by atoms with E-state index in [9.17, 15) is 18.0 Å². The van der Waals surface area contributed by atoms with Gasteiger partial charge in [-0.15, -0.1) is 0 Å². The second kappa shape index (κ2) is 15.8. The van der Waals surface area contributed by atoms with E-state index in [2.05, 4.69) is 5.32 Å². The highest BCUT2D eigenvalue weighted by atomic mass is 35.5. The highest BCUT2D eigenvalue weighted by Crippen LogP contribution is 2.27. The van der Waals surface area contributed by atoms with Gasteiger partial charge in [0.1, 0.15) is 12.6 Å². The van der Waals surface area contributed by atoms with Gasteiger partial charge in [-0.05, 0) is 67.3 Å². The molecule has 2 amide bonds. The van der Waals surface area contributed by atoms with Gasteiger partial charge in [-0.2, -0.15) is 0 Å². The molecule has 0 spiro atoms. The van der Waals surface area contributed by atoms with Crippen molar-refractivity contribution in [2.45, 2.75) is 69.0 Å². The van der Waals surface area contributed by atoms with Crippen LogP contribution in [-0.2, 0) is 32.6 Å². The van der Waals surface area contributed by atoms with E-state index in [1.165, 1.54) is 17.0 Å². The Morgan fingerprint density at radius 1 is 0.809 bits per heavy atom. The molecule has 10 heteroatoms. The highest BCUT2D eigenvalue weighted by molar-refractivity contribution is 7.92. The van der Waals surface area contributed by atoms with E-state index in [4.69, 9.17) is 23.2 Å². The van der Waals surface area contributed by atoms with Crippen molar-refractivity contribution in [2.24, 2.45) is 0 Å². The van der Waals surface area contributed by atoms with Crippen LogP contribution in [0.15, 0.2) is 108 Å². The number of carbonyl (C=O) groups excluding carboxylic acids is 2. The van der Waals surface area contributed by atoms with E-state index < -0.39 is 28.5 Å². The number of amides is 2. The Morgan fingerprint density at radius 3 is 2.09 bits per heavy atom. The molecule has 1 atom stereocenters. The molecule has 0 radical (unpaired) electrons. The Balaban J connectivity index is 1.56. The lowest BCUT2D eigenvalue weighted by Gasteiger charge is -2.35. The van der Waals surface area contributed by atoms with Gasteiger partial charge in [-0.1, -0.05) is 115 Å². The van der Waals surface area contributed by atoms with E-state index in [0.717, 1.165) is 47.5 Å². The smallest absolute Gasteiger partial charge is 0.264 e. The number of nitrogens with zero attached hydrogens (tertiary/aromatic N) is 2. The summed E-state index contributed by atoms with van der Waals surface area (Å²) in [4.78, 5) is 30.4. The second-order valence-electron chi connectivity index (χ2n) is 12.0. The van der Waals surface area contributed by atoms with Crippen LogP contribution in [0.25, 0.3) is 0 Å². The lowest BCUT2D eigenvalue weighted by molar-refractivity contribution is -0.140. The standard InChI is InChI=1S/C37H39Cl2N3O4S/c1-27-17-20-31(21-18-27)42(47(45,46)32-15-9-4-10-16-32)26-36(43)41(25-29-19-22-33(38)34(39)23-29)35(24-28-11-5-2-6-12-28)37(44)40-30-13-7-3-8-14-30/h2,4-6,9-12,15-23,30,35H,3,7-8,13-14,24-26H2,1H3,(H,40,44)/t35-/m1/s1. The van der Waals surface area contributed by atoms with Crippen LogP contribution in [0.5, 0.6) is 0 Å². The predicted molar refractivity (Wildman–Crippen MR) is 188 cm³/mol. The molecule has 47 heavy (non-hydrogen) atoms. The van der Waals surface area contributed by atoms with Crippen molar-refractivity contribution in [3.05, 3.63) is 130 Å². The van der Waals surface area contributed by atoms with E-state index in [1.807, 2.05) is 37.3 Å². The number of rotatable bonds is 12. The van der Waals surface area contributed by atoms with Crippen molar-refractivity contribution in [1.29, 1.82) is 0 Å². The second-order valence-corrected chi connectivity index (χ2v) is 14.7. The Labute approximate surface area is 287 Å². The fourth-order valence-electron chi connectivity index (χ4n) is 5.89. The normalized spacial score (nSPS) is 14.3. The third kappa shape index (κ3) is 8.95. The van der Waals surface area contributed by atoms with Gasteiger partial charge in [0.2, 0.25) is 11.8 Å². The first kappa shape index (κ1) is 34.5. The van der Waals surface area contributed by atoms with Crippen molar-refractivity contribution >= 4 is 50.7 Å². The summed E-state index contributed by atoms with van der Waals surface area (Å²) in [6.07, 6.45) is 5.18. The molecule has 1 aliphatic rings. The maximum absolute atomic E-state index is 14.6. The van der Waals surface area contributed by atoms with E-state index in [1.54, 1.807) is 60.7 Å². The monoisotopic (exact) mass is 691 g/mol. The zero-order valence-electron chi connectivity index (χ0n) is 26.3. The van der Waals surface area contributed by atoms with Crippen LogP contribution < -0.4 is 9.62 Å². The van der Waals surface area contributed by atoms with Crippen LogP contribution in [0, 0.1) is 6.92 Å². The quantitative estimate of drug-likeness (QED) is 0.166. The van der Waals surface area contributed by atoms with Crippen LogP contribution in [0.1, 0.15) is 48.8 Å². The summed E-state index contributed by atoms with van der Waals surface area (Å²) in [5.41, 5.74) is 2.81. The first-order valence-electron chi connectivity index (χ1n) is 15.8. The first-order chi connectivity index (χ1) is 22.6. The molecule has 1 aliphatic carbocycles. The summed E-state index contributed by atoms with van der Waals surface area (Å²) in [6, 6.07) is 28.7. The predicted octanol–water partition coefficient (Wildman–Crippen LogP) is 7.59. The largest absolute Gasteiger partial charge is 0.352 e. The Hall–Kier alpha value is -3.85. The van der Waals surface area contributed by atoms with E-state index in [-0.39, 0.29) is 29.8 Å². The van der Waals surface area contributed by atoms with Crippen molar-refractivity contribution in [1.82, 2.24) is 10.2 Å². The molecule has 1 fully saturated rings. The molecule has 1 N–H and O–H groups in total. The van der Waals surface area contributed by atoms with Crippen LogP contribution in [0.4, 0.5) is 5.69 Å². The van der Waals surface area contributed by atoms with Gasteiger partial charge in [0, 0.05) is 19.0 Å². The van der Waals surface area contributed by atoms with Gasteiger partial charge in [-0.25, -0.2) is 8.42 Å². The summed E-state index contributed by atoms with van der Waals surface area (Å²) in [5, 5.41) is 3.90. The topological polar surface area (TPSA) is 86.8 Å². The maximum Gasteiger partial charge on any atom is 0.264 e. The molecule has 0 unspecified atom stereocenters. The molecule has 0 bridgehead atoms. The van der Waals surface area contributed by atoms with Crippen LogP contribution in [0.3, 0.4) is 0 Å². The SMILES string of the molecule is Cc1ccc(N(CC(=O)N(Cc2ccc(Cl)c(Cl)c2)[C@H](Cc2ccccc2)C(=O)NC2CCCCC2)S(=O)(=O)c2ccccc2)cc1. The zero-order valence-corrected chi connectivity index (χ0v) is 28.6. The molecular weight excluding hydrogens is 653 g/mol. The molecule has 0 heterocycles. The molecule has 246 valence electrons. The van der Waals surface area contributed by atoms with Crippen molar-refractivity contribution in [3.8, 4) is 0 Å². The summed E-state index contributed by atoms with van der Waals surface area (Å²) < 4.78 is 29.4. The molecule has 5 rings (SSSR count). The number of halogens is 2. The Kier molecular flexibility index (Phi) is 11.6. The van der Waals surface area contributed by atoms with E-state index >= 15 is 0 Å². The fourth-order valence-corrected chi connectivity index (χ4v) is 7.65. The molecule has 0 aliphatic heterocycles. The maximum atomic E-state index is 14.6. The minimum atomic E-state index is -4.16. The number of hydrogen-bond acceptors (Lipinski definition) is 4. The number of nitrogens with one attached hydrogen (secondary N) is 1. The highest BCUT2D eigenvalue weighted by Gasteiger charge is 2.35. The number of anilines is 1. The summed E-state index contributed by atoms with van der Waals surface area (Å²) in [7, 11) is -4.16. The first-order valence-corrected chi connectivity index (χ1v) is 18.0. The number of sulfonamides is 1. The number of benzene rings is 4. The van der Waals surface area contributed by atoms with Crippen molar-refractivity contribution in [2.75, 3.05) is 10.8 Å². The van der Waals surface area contributed by atoms with Crippen molar-refractivity contribution in [3.63, 3.8) is 0 Å². The number of aryl methyl sites for hydroxylation is 1. The van der Waals surface area contributed by atoms with Crippen LogP contribution in [0.2, 0.25) is 10.0 Å². The third-order valence-corrected chi connectivity index (χ3v) is 11.0. The number of carbonyl (C=O) groups is 2. The lowest BCUT2D eigenvalue weighted by atomic mass is 9.94. The molecule has 0 saturated heterocycles. The molecule has 7 nitrogen and oxygen atoms in total. The van der Waals surface area contributed by atoms with Gasteiger partial charge >= 0.3 is 0 Å². The average Bonchev–Trinajstić information content (AvgIpc) is 3.08. The molecule has 1 saturated carbocycles. The summed E-state index contributed by atoms with van der Waals surface area (Å²) in [6.45, 7) is 1.39. The van der Waals surface area contributed by atoms with Gasteiger partial charge in [0.05, 0.1) is 20.6 Å². The molecule has 4 aromatic carbocycles. The molecular formula is C37H39Cl2N3O4S. The van der Waals surface area contributed by atoms with Crippen molar-refractivity contribution < 1.29 is 18.0 Å². The van der Waals surface area contributed by atoms with Gasteiger partial charge in [0.15, 0.2) is 0 Å². The lowest BCUT2D eigenvalue weighted by Crippen LogP contribution is -2.55. The Morgan fingerprint density at radius 2 is 1.45 bits per heavy atom. The summed E-state index contributed by atoms with van der Waals surface area (Å²) >= 11 is 12.6. The van der Waals surface area contributed by atoms with Crippen LogP contribution >= 0.6 is 23.2 Å². The van der Waals surface area contributed by atoms with Crippen LogP contribution in [-0.4, -0.2) is 43.8 Å². The Bertz CT molecular complexity index is 1760. The van der Waals surface area contributed by atoms with Gasteiger partial charge in [-0.3, -0.25) is 13.9 Å². The van der Waals surface area contributed by atoms with Gasteiger partial charge < -0.3 is 10.2 Å². The van der Waals surface area contributed by atoms with Gasteiger partial charge in [0.25, 0.3) is 10.0 Å². The zero-order chi connectivity index (χ0) is 33.4. The molecule has 4 aromatic rings. The molecule has 0 aromatic heterocycles. The summed E-state index contributed by atoms with van der Waals surface area (Å²) in [5.74, 6) is -0.808. The number of hydrogen-bond donors (Lipinski definition) is 1. The minimum absolute atomic E-state index is 0.0123. The average molecular weight is 693 g/mol. The minimum Gasteiger partial charge on any atom is -0.352 e.